The number of nitrogens with one attached hydrogen (secondary N) is 1. The third-order valence-corrected chi connectivity index (χ3v) is 5.47. The molecule has 0 bridgehead atoms. The Morgan fingerprint density at radius 1 is 1.20 bits per heavy atom. The molecule has 2 rings (SSSR count). The van der Waals surface area contributed by atoms with Gasteiger partial charge in [0.05, 0.1) is 24.2 Å². The Labute approximate surface area is 177 Å². The van der Waals surface area contributed by atoms with Gasteiger partial charge >= 0.3 is 12.1 Å². The summed E-state index contributed by atoms with van der Waals surface area (Å²) in [6, 6.07) is 6.05. The zero-order chi connectivity index (χ0) is 22.7. The highest BCUT2D eigenvalue weighted by atomic mass is 32.2. The molecule has 0 aromatic heterocycles. The lowest BCUT2D eigenvalue weighted by Gasteiger charge is -2.33. The maximum absolute atomic E-state index is 12.9. The molecule has 1 aliphatic heterocycles. The van der Waals surface area contributed by atoms with E-state index < -0.39 is 45.5 Å². The van der Waals surface area contributed by atoms with Crippen molar-refractivity contribution in [3.05, 3.63) is 29.8 Å². The highest BCUT2D eigenvalue weighted by Gasteiger charge is 2.56. The average Bonchev–Trinajstić information content (AvgIpc) is 2.95. The number of aryl methyl sites for hydroxylation is 1. The number of carbonyl (C=O) groups is 2. The molecule has 0 spiro atoms. The Bertz CT molecular complexity index is 873. The van der Waals surface area contributed by atoms with Gasteiger partial charge in [0.1, 0.15) is 11.7 Å². The average molecular weight is 444 g/mol. The van der Waals surface area contributed by atoms with Crippen molar-refractivity contribution in [2.24, 2.45) is 0 Å². The number of esters is 1. The first-order chi connectivity index (χ1) is 13.7. The maximum Gasteiger partial charge on any atom is 0.408 e. The van der Waals surface area contributed by atoms with Gasteiger partial charge in [-0.3, -0.25) is 4.18 Å². The van der Waals surface area contributed by atoms with Crippen LogP contribution >= 0.6 is 0 Å². The van der Waals surface area contributed by atoms with E-state index in [0.29, 0.717) is 0 Å². The van der Waals surface area contributed by atoms with Crippen molar-refractivity contribution in [1.82, 2.24) is 5.32 Å². The van der Waals surface area contributed by atoms with Gasteiger partial charge in [-0.25, -0.2) is 9.59 Å². The van der Waals surface area contributed by atoms with E-state index in [2.05, 4.69) is 5.32 Å². The number of amides is 1. The second-order valence-electron chi connectivity index (χ2n) is 8.42. The van der Waals surface area contributed by atoms with Gasteiger partial charge in [0, 0.05) is 0 Å². The monoisotopic (exact) mass is 443 g/mol. The van der Waals surface area contributed by atoms with Gasteiger partial charge in [-0.1, -0.05) is 17.7 Å². The summed E-state index contributed by atoms with van der Waals surface area (Å²) < 4.78 is 46.8. The van der Waals surface area contributed by atoms with Crippen molar-refractivity contribution < 1.29 is 36.4 Å². The molecule has 1 heterocycles. The van der Waals surface area contributed by atoms with Crippen molar-refractivity contribution in [2.75, 3.05) is 13.2 Å². The summed E-state index contributed by atoms with van der Waals surface area (Å²) in [5.41, 5.74) is -1.85. The lowest BCUT2D eigenvalue weighted by molar-refractivity contribution is -0.158. The minimum Gasteiger partial charge on any atom is -0.461 e. The molecule has 1 aromatic rings. The summed E-state index contributed by atoms with van der Waals surface area (Å²) >= 11 is 0. The fourth-order valence-corrected chi connectivity index (χ4v) is 3.85. The number of hydrogen-bond donors (Lipinski definition) is 1. The molecule has 30 heavy (non-hydrogen) atoms. The van der Waals surface area contributed by atoms with Gasteiger partial charge in [0.2, 0.25) is 0 Å². The summed E-state index contributed by atoms with van der Waals surface area (Å²) in [5.74, 6) is -0.870. The van der Waals surface area contributed by atoms with Crippen LogP contribution in [0.15, 0.2) is 29.2 Å². The van der Waals surface area contributed by atoms with Crippen LogP contribution < -0.4 is 5.32 Å². The Hall–Kier alpha value is -2.17. The second kappa shape index (κ2) is 8.91. The van der Waals surface area contributed by atoms with Gasteiger partial charge < -0.3 is 19.5 Å². The lowest BCUT2D eigenvalue weighted by atomic mass is 9.96. The van der Waals surface area contributed by atoms with Gasteiger partial charge in [-0.15, -0.1) is 0 Å². The van der Waals surface area contributed by atoms with Gasteiger partial charge in [0.15, 0.2) is 5.54 Å². The predicted octanol–water partition coefficient (Wildman–Crippen LogP) is 2.31. The Kier molecular flexibility index (Phi) is 7.16. The highest BCUT2D eigenvalue weighted by Crippen LogP contribution is 2.29. The van der Waals surface area contributed by atoms with Crippen molar-refractivity contribution in [2.45, 2.75) is 69.8 Å². The van der Waals surface area contributed by atoms with Crippen LogP contribution in [0.25, 0.3) is 0 Å². The quantitative estimate of drug-likeness (QED) is 0.526. The first-order valence-electron chi connectivity index (χ1n) is 9.55. The topological polar surface area (TPSA) is 117 Å². The molecule has 2 atom stereocenters. The molecule has 1 saturated heterocycles. The van der Waals surface area contributed by atoms with Crippen molar-refractivity contribution in [3.63, 3.8) is 0 Å². The SMILES string of the molecule is Cc1ccc(S(=O)(=O)O[C@H]2COC[C@]2(NC(=O)OC(C)(C)C)C(=O)OC(C)C)cc1. The molecule has 9 nitrogen and oxygen atoms in total. The molecule has 10 heteroatoms. The van der Waals surface area contributed by atoms with Crippen molar-refractivity contribution in [3.8, 4) is 0 Å². The Morgan fingerprint density at radius 2 is 1.80 bits per heavy atom. The standard InChI is InChI=1S/C20H29NO8S/c1-13(2)27-17(22)20(21-18(23)28-19(4,5)6)12-26-11-16(20)29-30(24,25)15-9-7-14(3)8-10-15/h7-10,13,16H,11-12H2,1-6H3,(H,21,23)/t16-,20+/m0/s1. The van der Waals surface area contributed by atoms with Crippen LogP contribution in [0.1, 0.15) is 40.2 Å². The van der Waals surface area contributed by atoms with Gasteiger partial charge in [0.25, 0.3) is 10.1 Å². The summed E-state index contributed by atoms with van der Waals surface area (Å²) in [6.07, 6.45) is -2.78. The van der Waals surface area contributed by atoms with E-state index in [1.165, 1.54) is 12.1 Å². The number of hydrogen-bond acceptors (Lipinski definition) is 8. The van der Waals surface area contributed by atoms with Crippen LogP contribution in [0.2, 0.25) is 0 Å². The molecule has 0 aliphatic carbocycles. The molecule has 1 N–H and O–H groups in total. The predicted molar refractivity (Wildman–Crippen MR) is 107 cm³/mol. The van der Waals surface area contributed by atoms with Crippen molar-refractivity contribution >= 4 is 22.2 Å². The van der Waals surface area contributed by atoms with E-state index in [0.717, 1.165) is 5.56 Å². The normalized spacial score (nSPS) is 22.0. The van der Waals surface area contributed by atoms with Crippen LogP contribution in [0.3, 0.4) is 0 Å². The largest absolute Gasteiger partial charge is 0.461 e. The highest BCUT2D eigenvalue weighted by molar-refractivity contribution is 7.86. The van der Waals surface area contributed by atoms with E-state index >= 15 is 0 Å². The first-order valence-corrected chi connectivity index (χ1v) is 11.0. The summed E-state index contributed by atoms with van der Waals surface area (Å²) in [7, 11) is -4.24. The lowest BCUT2D eigenvalue weighted by Crippen LogP contribution is -2.64. The zero-order valence-electron chi connectivity index (χ0n) is 18.1. The third-order valence-electron chi connectivity index (χ3n) is 4.13. The molecule has 1 aromatic carbocycles. The van der Waals surface area contributed by atoms with Crippen LogP contribution in [0.4, 0.5) is 4.79 Å². The van der Waals surface area contributed by atoms with E-state index in [4.69, 9.17) is 18.4 Å². The molecular weight excluding hydrogens is 414 g/mol. The minimum absolute atomic E-state index is 0.0802. The van der Waals surface area contributed by atoms with Crippen LogP contribution in [-0.2, 0) is 33.3 Å². The smallest absolute Gasteiger partial charge is 0.408 e. The van der Waals surface area contributed by atoms with Crippen molar-refractivity contribution in [1.29, 1.82) is 0 Å². The van der Waals surface area contributed by atoms with Crippen LogP contribution in [0, 0.1) is 6.92 Å². The second-order valence-corrected chi connectivity index (χ2v) is 9.99. The van der Waals surface area contributed by atoms with Gasteiger partial charge in [-0.2, -0.15) is 8.42 Å². The zero-order valence-corrected chi connectivity index (χ0v) is 18.9. The summed E-state index contributed by atoms with van der Waals surface area (Å²) in [5, 5.41) is 2.44. The Balaban J connectivity index is 2.35. The molecule has 0 unspecified atom stereocenters. The third kappa shape index (κ3) is 5.93. The number of benzene rings is 1. The molecule has 0 radical (unpaired) electrons. The molecule has 1 aliphatic rings. The van der Waals surface area contributed by atoms with E-state index in [1.807, 2.05) is 6.92 Å². The number of alkyl carbamates (subject to hydrolysis) is 1. The fourth-order valence-electron chi connectivity index (χ4n) is 2.75. The number of carbonyl (C=O) groups excluding carboxylic acids is 2. The first kappa shape index (κ1) is 24.1. The Morgan fingerprint density at radius 3 is 2.33 bits per heavy atom. The van der Waals surface area contributed by atoms with E-state index in [9.17, 15) is 18.0 Å². The van der Waals surface area contributed by atoms with Crippen LogP contribution in [-0.4, -0.2) is 57.0 Å². The summed E-state index contributed by atoms with van der Waals surface area (Å²) in [4.78, 5) is 25.3. The minimum atomic E-state index is -4.24. The molecule has 0 saturated carbocycles. The maximum atomic E-state index is 12.9. The van der Waals surface area contributed by atoms with E-state index in [-0.39, 0.29) is 18.1 Å². The molecule has 1 fully saturated rings. The number of rotatable bonds is 6. The fraction of sp³-hybridized carbons (Fsp3) is 0.600. The van der Waals surface area contributed by atoms with E-state index in [1.54, 1.807) is 46.8 Å². The molecule has 168 valence electrons. The summed E-state index contributed by atoms with van der Waals surface area (Å²) in [6.45, 7) is 9.49. The number of ether oxygens (including phenoxy) is 3. The van der Waals surface area contributed by atoms with Crippen LogP contribution in [0.5, 0.6) is 0 Å². The van der Waals surface area contributed by atoms with Gasteiger partial charge in [-0.05, 0) is 53.7 Å². The molecule has 1 amide bonds. The molecular formula is C20H29NO8S.